The molecule has 3 fully saturated rings. The zero-order valence-corrected chi connectivity index (χ0v) is 7.10. The van der Waals surface area contributed by atoms with Crippen molar-refractivity contribution in [2.45, 2.75) is 51.0 Å². The summed E-state index contributed by atoms with van der Waals surface area (Å²) < 4.78 is 0. The summed E-state index contributed by atoms with van der Waals surface area (Å²) in [6.45, 7) is 0. The standard InChI is InChI=1S/C10H17N/c11-8-7-10(8)4-2-1-3-9(10)5-6-9/h8H,1-7,11H2. The molecule has 3 rings (SSSR count). The predicted molar refractivity (Wildman–Crippen MR) is 45.2 cm³/mol. The van der Waals surface area contributed by atoms with Crippen LogP contribution >= 0.6 is 0 Å². The summed E-state index contributed by atoms with van der Waals surface area (Å²) in [7, 11) is 0. The van der Waals surface area contributed by atoms with Crippen molar-refractivity contribution in [1.82, 2.24) is 0 Å². The molecule has 0 aromatic heterocycles. The van der Waals surface area contributed by atoms with Gasteiger partial charge in [-0.2, -0.15) is 0 Å². The monoisotopic (exact) mass is 151 g/mol. The largest absolute Gasteiger partial charge is 0.327 e. The van der Waals surface area contributed by atoms with Crippen LogP contribution in [0.4, 0.5) is 0 Å². The van der Waals surface area contributed by atoms with Gasteiger partial charge < -0.3 is 5.73 Å². The molecule has 2 atom stereocenters. The summed E-state index contributed by atoms with van der Waals surface area (Å²) in [6, 6.07) is 0.588. The number of hydrogen-bond acceptors (Lipinski definition) is 1. The smallest absolute Gasteiger partial charge is 0.0107 e. The normalized spacial score (nSPS) is 51.5. The molecule has 0 bridgehead atoms. The SMILES string of the molecule is NC1CC12CCCCC21CC1. The second kappa shape index (κ2) is 1.66. The first-order valence-corrected chi connectivity index (χ1v) is 5.05. The molecule has 0 heterocycles. The molecular formula is C10H17N. The van der Waals surface area contributed by atoms with Crippen molar-refractivity contribution in [3.63, 3.8) is 0 Å². The molecule has 62 valence electrons. The van der Waals surface area contributed by atoms with Gasteiger partial charge in [0, 0.05) is 6.04 Å². The molecular weight excluding hydrogens is 134 g/mol. The van der Waals surface area contributed by atoms with E-state index in [-0.39, 0.29) is 0 Å². The Kier molecular flexibility index (Phi) is 0.976. The van der Waals surface area contributed by atoms with Gasteiger partial charge in [0.15, 0.2) is 0 Å². The Balaban J connectivity index is 1.90. The average molecular weight is 151 g/mol. The van der Waals surface area contributed by atoms with E-state index in [1.165, 1.54) is 44.9 Å². The lowest BCUT2D eigenvalue weighted by Crippen LogP contribution is -2.28. The van der Waals surface area contributed by atoms with Crippen LogP contribution in [0, 0.1) is 10.8 Å². The summed E-state index contributed by atoms with van der Waals surface area (Å²) >= 11 is 0. The molecule has 11 heavy (non-hydrogen) atoms. The molecule has 2 N–H and O–H groups in total. The van der Waals surface area contributed by atoms with Gasteiger partial charge in [-0.1, -0.05) is 12.8 Å². The second-order valence-electron chi connectivity index (χ2n) is 4.95. The van der Waals surface area contributed by atoms with E-state index in [0.717, 1.165) is 5.41 Å². The summed E-state index contributed by atoms with van der Waals surface area (Å²) in [5.41, 5.74) is 7.50. The third kappa shape index (κ3) is 0.618. The van der Waals surface area contributed by atoms with E-state index >= 15 is 0 Å². The zero-order chi connectivity index (χ0) is 7.53. The highest BCUT2D eigenvalue weighted by Gasteiger charge is 2.69. The van der Waals surface area contributed by atoms with E-state index in [1.54, 1.807) is 0 Å². The van der Waals surface area contributed by atoms with Gasteiger partial charge in [0.05, 0.1) is 0 Å². The lowest BCUT2D eigenvalue weighted by molar-refractivity contribution is 0.181. The second-order valence-corrected chi connectivity index (χ2v) is 4.95. The highest BCUT2D eigenvalue weighted by atomic mass is 14.9. The van der Waals surface area contributed by atoms with Crippen molar-refractivity contribution in [2.24, 2.45) is 16.6 Å². The van der Waals surface area contributed by atoms with Crippen molar-refractivity contribution in [3.05, 3.63) is 0 Å². The molecule has 0 amide bonds. The summed E-state index contributed by atoms with van der Waals surface area (Å²) in [5, 5.41) is 0. The van der Waals surface area contributed by atoms with Crippen LogP contribution in [-0.2, 0) is 0 Å². The van der Waals surface area contributed by atoms with Crippen LogP contribution in [0.5, 0.6) is 0 Å². The Morgan fingerprint density at radius 3 is 2.09 bits per heavy atom. The molecule has 0 aromatic rings. The van der Waals surface area contributed by atoms with Gasteiger partial charge in [-0.15, -0.1) is 0 Å². The lowest BCUT2D eigenvalue weighted by atomic mass is 9.73. The minimum Gasteiger partial charge on any atom is -0.327 e. The van der Waals surface area contributed by atoms with Crippen molar-refractivity contribution in [1.29, 1.82) is 0 Å². The van der Waals surface area contributed by atoms with Crippen LogP contribution in [0.2, 0.25) is 0 Å². The number of fused-ring (bicyclic) bond motifs is 1. The first kappa shape index (κ1) is 6.47. The third-order valence-electron chi connectivity index (χ3n) is 4.57. The number of nitrogens with two attached hydrogens (primary N) is 1. The topological polar surface area (TPSA) is 26.0 Å². The zero-order valence-electron chi connectivity index (χ0n) is 7.10. The first-order chi connectivity index (χ1) is 5.29. The van der Waals surface area contributed by atoms with E-state index in [0.29, 0.717) is 11.5 Å². The van der Waals surface area contributed by atoms with Gasteiger partial charge in [-0.05, 0) is 42.9 Å². The van der Waals surface area contributed by atoms with E-state index in [4.69, 9.17) is 5.73 Å². The Labute approximate surface area is 68.3 Å². The van der Waals surface area contributed by atoms with Crippen molar-refractivity contribution >= 4 is 0 Å². The molecule has 1 heteroatoms. The highest BCUT2D eigenvalue weighted by molar-refractivity contribution is 5.22. The third-order valence-corrected chi connectivity index (χ3v) is 4.57. The molecule has 2 unspecified atom stereocenters. The van der Waals surface area contributed by atoms with Crippen LogP contribution in [0.1, 0.15) is 44.9 Å². The fraction of sp³-hybridized carbons (Fsp3) is 1.00. The minimum absolute atomic E-state index is 0.588. The van der Waals surface area contributed by atoms with Gasteiger partial charge in [0.1, 0.15) is 0 Å². The van der Waals surface area contributed by atoms with Gasteiger partial charge in [-0.25, -0.2) is 0 Å². The van der Waals surface area contributed by atoms with E-state index in [9.17, 15) is 0 Å². The van der Waals surface area contributed by atoms with Crippen LogP contribution in [-0.4, -0.2) is 6.04 Å². The molecule has 0 radical (unpaired) electrons. The molecule has 0 aromatic carbocycles. The van der Waals surface area contributed by atoms with E-state index < -0.39 is 0 Å². The van der Waals surface area contributed by atoms with Gasteiger partial charge >= 0.3 is 0 Å². The fourth-order valence-electron chi connectivity index (χ4n) is 3.55. The van der Waals surface area contributed by atoms with E-state index in [2.05, 4.69) is 0 Å². The number of hydrogen-bond donors (Lipinski definition) is 1. The summed E-state index contributed by atoms with van der Waals surface area (Å²) in [5.74, 6) is 0. The van der Waals surface area contributed by atoms with Crippen LogP contribution in [0.15, 0.2) is 0 Å². The molecule has 3 saturated carbocycles. The quantitative estimate of drug-likeness (QED) is 0.563. The Morgan fingerprint density at radius 2 is 1.64 bits per heavy atom. The number of rotatable bonds is 0. The molecule has 3 aliphatic rings. The lowest BCUT2D eigenvalue weighted by Gasteiger charge is -2.32. The Morgan fingerprint density at radius 1 is 1.00 bits per heavy atom. The molecule has 3 aliphatic carbocycles. The van der Waals surface area contributed by atoms with Gasteiger partial charge in [0.2, 0.25) is 0 Å². The van der Waals surface area contributed by atoms with Gasteiger partial charge in [0.25, 0.3) is 0 Å². The van der Waals surface area contributed by atoms with Crippen molar-refractivity contribution in [3.8, 4) is 0 Å². The first-order valence-electron chi connectivity index (χ1n) is 5.05. The van der Waals surface area contributed by atoms with Crippen LogP contribution in [0.3, 0.4) is 0 Å². The van der Waals surface area contributed by atoms with Crippen molar-refractivity contribution in [2.75, 3.05) is 0 Å². The Bertz CT molecular complexity index is 195. The molecule has 0 aliphatic heterocycles. The maximum atomic E-state index is 6.05. The highest BCUT2D eigenvalue weighted by Crippen LogP contribution is 2.75. The fourth-order valence-corrected chi connectivity index (χ4v) is 3.55. The molecule has 0 saturated heterocycles. The maximum absolute atomic E-state index is 6.05. The van der Waals surface area contributed by atoms with Crippen LogP contribution in [0.25, 0.3) is 0 Å². The van der Waals surface area contributed by atoms with Gasteiger partial charge in [-0.3, -0.25) is 0 Å². The van der Waals surface area contributed by atoms with E-state index in [1.807, 2.05) is 0 Å². The Hall–Kier alpha value is -0.0400. The molecule has 1 nitrogen and oxygen atoms in total. The summed E-state index contributed by atoms with van der Waals surface area (Å²) in [4.78, 5) is 0. The summed E-state index contributed by atoms with van der Waals surface area (Å²) in [6.07, 6.45) is 10.2. The average Bonchev–Trinajstić information content (AvgIpc) is 2.84. The molecule has 2 spiro atoms. The minimum atomic E-state index is 0.588. The van der Waals surface area contributed by atoms with Crippen molar-refractivity contribution < 1.29 is 0 Å². The predicted octanol–water partition coefficient (Wildman–Crippen LogP) is 2.06. The maximum Gasteiger partial charge on any atom is 0.0107 e. The van der Waals surface area contributed by atoms with Crippen LogP contribution < -0.4 is 5.73 Å².